The van der Waals surface area contributed by atoms with Gasteiger partial charge in [-0.15, -0.1) is 0 Å². The number of benzene rings is 1. The molecule has 7 heteroatoms. The van der Waals surface area contributed by atoms with Crippen LogP contribution in [-0.2, 0) is 6.18 Å². The maximum atomic E-state index is 12.7. The smallest absolute Gasteiger partial charge is 0.301 e. The van der Waals surface area contributed by atoms with E-state index in [0.717, 1.165) is 0 Å². The fourth-order valence-electron chi connectivity index (χ4n) is 1.37. The Kier molecular flexibility index (Phi) is 2.64. The van der Waals surface area contributed by atoms with Crippen LogP contribution in [0.1, 0.15) is 5.69 Å². The molecule has 2 rings (SSSR count). The van der Waals surface area contributed by atoms with Crippen molar-refractivity contribution in [3.8, 4) is 0 Å². The van der Waals surface area contributed by atoms with Crippen LogP contribution in [0.15, 0.2) is 23.0 Å². The Morgan fingerprint density at radius 3 is 2.62 bits per heavy atom. The highest BCUT2D eigenvalue weighted by molar-refractivity contribution is 14.1. The highest BCUT2D eigenvalue weighted by atomic mass is 127. The van der Waals surface area contributed by atoms with Crippen LogP contribution >= 0.6 is 22.6 Å². The molecule has 1 aromatic carbocycles. The van der Waals surface area contributed by atoms with Crippen molar-refractivity contribution in [3.05, 3.63) is 37.9 Å². The zero-order valence-electron chi connectivity index (χ0n) is 7.60. The average molecular weight is 340 g/mol. The van der Waals surface area contributed by atoms with Gasteiger partial charge in [-0.25, -0.2) is 4.79 Å². The molecule has 0 amide bonds. The van der Waals surface area contributed by atoms with Crippen molar-refractivity contribution in [3.63, 3.8) is 0 Å². The summed E-state index contributed by atoms with van der Waals surface area (Å²) in [7, 11) is 0. The molecule has 0 spiro atoms. The number of halogens is 4. The van der Waals surface area contributed by atoms with Crippen molar-refractivity contribution in [1.29, 1.82) is 0 Å². The van der Waals surface area contributed by atoms with E-state index in [1.807, 2.05) is 0 Å². The number of rotatable bonds is 0. The van der Waals surface area contributed by atoms with Gasteiger partial charge in [0.15, 0.2) is 0 Å². The summed E-state index contributed by atoms with van der Waals surface area (Å²) in [5.74, 6) is 0. The first kappa shape index (κ1) is 11.4. The molecular weight excluding hydrogens is 336 g/mol. The maximum absolute atomic E-state index is 12.7. The Balaban J connectivity index is 2.97. The van der Waals surface area contributed by atoms with E-state index < -0.39 is 17.6 Å². The van der Waals surface area contributed by atoms with Gasteiger partial charge < -0.3 is 4.98 Å². The van der Waals surface area contributed by atoms with Crippen molar-refractivity contribution >= 4 is 33.5 Å². The fourth-order valence-corrected chi connectivity index (χ4v) is 2.13. The van der Waals surface area contributed by atoms with E-state index in [-0.39, 0.29) is 10.9 Å². The lowest BCUT2D eigenvalue weighted by Crippen LogP contribution is -2.19. The van der Waals surface area contributed by atoms with E-state index >= 15 is 0 Å². The molecule has 0 saturated heterocycles. The van der Waals surface area contributed by atoms with Gasteiger partial charge in [-0.1, -0.05) is 6.07 Å². The van der Waals surface area contributed by atoms with Crippen molar-refractivity contribution in [1.82, 2.24) is 9.97 Å². The van der Waals surface area contributed by atoms with Gasteiger partial charge in [-0.2, -0.15) is 18.2 Å². The molecule has 0 atom stereocenters. The Hall–Kier alpha value is -1.12. The summed E-state index contributed by atoms with van der Waals surface area (Å²) in [4.78, 5) is 16.2. The van der Waals surface area contributed by atoms with E-state index in [1.54, 1.807) is 33.6 Å². The van der Waals surface area contributed by atoms with Crippen molar-refractivity contribution in [2.24, 2.45) is 0 Å². The third kappa shape index (κ3) is 1.91. The Bertz CT molecular complexity index is 606. The van der Waals surface area contributed by atoms with Gasteiger partial charge in [-0.05, 0) is 34.7 Å². The first-order valence-electron chi connectivity index (χ1n) is 4.15. The standard InChI is InChI=1S/C9H4F3IN2O/c10-9(11,12)7-6-4(13)2-1-3-5(6)14-8(16)15-7/h1-3H,(H,14,15,16). The number of nitrogens with zero attached hydrogens (tertiary/aromatic N) is 1. The lowest BCUT2D eigenvalue weighted by atomic mass is 10.2. The van der Waals surface area contributed by atoms with Gasteiger partial charge in [-0.3, -0.25) is 0 Å². The van der Waals surface area contributed by atoms with Gasteiger partial charge in [0.05, 0.1) is 5.52 Å². The fraction of sp³-hybridized carbons (Fsp3) is 0.111. The normalized spacial score (nSPS) is 12.0. The lowest BCUT2D eigenvalue weighted by molar-refractivity contribution is -0.140. The number of H-pyrrole nitrogens is 1. The zero-order valence-corrected chi connectivity index (χ0v) is 9.76. The van der Waals surface area contributed by atoms with Gasteiger partial charge in [0.1, 0.15) is 5.69 Å². The molecular formula is C9H4F3IN2O. The minimum Gasteiger partial charge on any atom is -0.301 e. The quantitative estimate of drug-likeness (QED) is 0.750. The van der Waals surface area contributed by atoms with E-state index in [0.29, 0.717) is 3.57 Å². The highest BCUT2D eigenvalue weighted by Gasteiger charge is 2.35. The number of aromatic nitrogens is 2. The van der Waals surface area contributed by atoms with E-state index in [2.05, 4.69) is 4.98 Å². The van der Waals surface area contributed by atoms with Crippen LogP contribution in [0, 0.1) is 3.57 Å². The summed E-state index contributed by atoms with van der Waals surface area (Å²) < 4.78 is 38.4. The molecule has 16 heavy (non-hydrogen) atoms. The van der Waals surface area contributed by atoms with Gasteiger partial charge in [0.25, 0.3) is 0 Å². The van der Waals surface area contributed by atoms with Crippen LogP contribution < -0.4 is 5.69 Å². The van der Waals surface area contributed by atoms with Crippen molar-refractivity contribution < 1.29 is 13.2 Å². The minimum absolute atomic E-state index is 0.0444. The molecule has 0 radical (unpaired) electrons. The number of hydrogen-bond acceptors (Lipinski definition) is 2. The van der Waals surface area contributed by atoms with Crippen LogP contribution in [0.3, 0.4) is 0 Å². The Morgan fingerprint density at radius 1 is 1.31 bits per heavy atom. The molecule has 1 aromatic heterocycles. The summed E-state index contributed by atoms with van der Waals surface area (Å²) >= 11 is 1.77. The first-order valence-corrected chi connectivity index (χ1v) is 5.23. The van der Waals surface area contributed by atoms with E-state index in [1.165, 1.54) is 12.1 Å². The van der Waals surface area contributed by atoms with Gasteiger partial charge in [0.2, 0.25) is 0 Å². The summed E-state index contributed by atoms with van der Waals surface area (Å²) in [5.41, 5.74) is -2.00. The molecule has 2 aromatic rings. The monoisotopic (exact) mass is 340 g/mol. The summed E-state index contributed by atoms with van der Waals surface area (Å²) in [6.07, 6.45) is -4.60. The lowest BCUT2D eigenvalue weighted by Gasteiger charge is -2.10. The van der Waals surface area contributed by atoms with E-state index in [9.17, 15) is 18.0 Å². The summed E-state index contributed by atoms with van der Waals surface area (Å²) in [5, 5.41) is -0.0739. The number of fused-ring (bicyclic) bond motifs is 1. The molecule has 0 aliphatic heterocycles. The highest BCUT2D eigenvalue weighted by Crippen LogP contribution is 2.33. The topological polar surface area (TPSA) is 45.8 Å². The van der Waals surface area contributed by atoms with Crippen LogP contribution in [0.4, 0.5) is 13.2 Å². The molecule has 0 fully saturated rings. The first-order chi connectivity index (χ1) is 7.39. The van der Waals surface area contributed by atoms with Crippen molar-refractivity contribution in [2.75, 3.05) is 0 Å². The molecule has 1 heterocycles. The molecule has 84 valence electrons. The van der Waals surface area contributed by atoms with Crippen LogP contribution in [-0.4, -0.2) is 9.97 Å². The maximum Gasteiger partial charge on any atom is 0.432 e. The number of aromatic amines is 1. The number of hydrogen-bond donors (Lipinski definition) is 1. The molecule has 0 aliphatic rings. The number of nitrogens with one attached hydrogen (secondary N) is 1. The molecule has 0 unspecified atom stereocenters. The Morgan fingerprint density at radius 2 is 2.00 bits per heavy atom. The SMILES string of the molecule is O=c1nc2cccc(I)c2c(C(F)(F)F)[nH]1. The second-order valence-corrected chi connectivity index (χ2v) is 4.21. The van der Waals surface area contributed by atoms with Gasteiger partial charge in [0, 0.05) is 8.96 Å². The summed E-state index contributed by atoms with van der Waals surface area (Å²) in [6.45, 7) is 0. The molecule has 1 N–H and O–H groups in total. The second-order valence-electron chi connectivity index (χ2n) is 3.05. The molecule has 0 aliphatic carbocycles. The minimum atomic E-state index is -4.60. The Labute approximate surface area is 101 Å². The molecule has 3 nitrogen and oxygen atoms in total. The third-order valence-corrected chi connectivity index (χ3v) is 2.88. The van der Waals surface area contributed by atoms with Crippen LogP contribution in [0.25, 0.3) is 10.9 Å². The predicted octanol–water partition coefficient (Wildman–Crippen LogP) is 2.55. The molecule has 0 bridgehead atoms. The van der Waals surface area contributed by atoms with Crippen molar-refractivity contribution in [2.45, 2.75) is 6.18 Å². The molecule has 0 saturated carbocycles. The number of alkyl halides is 3. The largest absolute Gasteiger partial charge is 0.432 e. The third-order valence-electron chi connectivity index (χ3n) is 1.98. The van der Waals surface area contributed by atoms with Crippen LogP contribution in [0.2, 0.25) is 0 Å². The predicted molar refractivity (Wildman–Crippen MR) is 60.1 cm³/mol. The summed E-state index contributed by atoms with van der Waals surface area (Å²) in [6, 6.07) is 4.46. The van der Waals surface area contributed by atoms with Crippen LogP contribution in [0.5, 0.6) is 0 Å². The average Bonchev–Trinajstić information content (AvgIpc) is 2.15. The second kappa shape index (κ2) is 3.72. The van der Waals surface area contributed by atoms with E-state index in [4.69, 9.17) is 0 Å². The zero-order chi connectivity index (χ0) is 11.9. The van der Waals surface area contributed by atoms with Gasteiger partial charge >= 0.3 is 11.9 Å².